The van der Waals surface area contributed by atoms with Crippen molar-refractivity contribution in [1.82, 2.24) is 5.32 Å². The van der Waals surface area contributed by atoms with Gasteiger partial charge in [0, 0.05) is 10.2 Å². The third-order valence-electron chi connectivity index (χ3n) is 3.61. The highest BCUT2D eigenvalue weighted by molar-refractivity contribution is 9.10. The Morgan fingerprint density at radius 3 is 2.46 bits per heavy atom. The third kappa shape index (κ3) is 5.80. The van der Waals surface area contributed by atoms with Crippen LogP contribution in [-0.2, 0) is 0 Å². The van der Waals surface area contributed by atoms with E-state index < -0.39 is 0 Å². The van der Waals surface area contributed by atoms with E-state index in [2.05, 4.69) is 52.5 Å². The van der Waals surface area contributed by atoms with E-state index in [0.717, 1.165) is 22.3 Å². The molecular weight excluding hydrogens is 384 g/mol. The van der Waals surface area contributed by atoms with Gasteiger partial charge in [-0.25, -0.2) is 0 Å². The molecule has 0 bridgehead atoms. The molecule has 0 heterocycles. The molecule has 128 valence electrons. The van der Waals surface area contributed by atoms with Gasteiger partial charge in [0.1, 0.15) is 5.75 Å². The number of nitrogens with one attached hydrogen (secondary N) is 2. The summed E-state index contributed by atoms with van der Waals surface area (Å²) in [5.41, 5.74) is 2.16. The van der Waals surface area contributed by atoms with Crippen molar-refractivity contribution in [2.75, 3.05) is 12.4 Å². The van der Waals surface area contributed by atoms with Crippen molar-refractivity contribution in [2.24, 2.45) is 5.92 Å². The van der Waals surface area contributed by atoms with Gasteiger partial charge in [0.15, 0.2) is 5.11 Å². The summed E-state index contributed by atoms with van der Waals surface area (Å²) in [5, 5.41) is 7.30. The van der Waals surface area contributed by atoms with E-state index >= 15 is 0 Å². The van der Waals surface area contributed by atoms with Crippen LogP contribution in [0.1, 0.15) is 31.9 Å². The van der Waals surface area contributed by atoms with Gasteiger partial charge in [-0.05, 0) is 60.5 Å². The van der Waals surface area contributed by atoms with E-state index in [9.17, 15) is 0 Å². The van der Waals surface area contributed by atoms with Crippen molar-refractivity contribution in [2.45, 2.75) is 26.3 Å². The van der Waals surface area contributed by atoms with Crippen LogP contribution < -0.4 is 15.4 Å². The predicted octanol–water partition coefficient (Wildman–Crippen LogP) is 5.53. The third-order valence-corrected chi connectivity index (χ3v) is 4.33. The van der Waals surface area contributed by atoms with E-state index in [4.69, 9.17) is 17.0 Å². The fourth-order valence-corrected chi connectivity index (χ4v) is 3.14. The highest BCUT2D eigenvalue weighted by Gasteiger charge is 2.15. The summed E-state index contributed by atoms with van der Waals surface area (Å²) >= 11 is 8.97. The largest absolute Gasteiger partial charge is 0.497 e. The lowest BCUT2D eigenvalue weighted by Gasteiger charge is -2.23. The van der Waals surface area contributed by atoms with Crippen LogP contribution >= 0.6 is 28.1 Å². The summed E-state index contributed by atoms with van der Waals surface area (Å²) in [6.07, 6.45) is 0.993. The maximum absolute atomic E-state index is 5.49. The first kappa shape index (κ1) is 18.7. The average Bonchev–Trinajstić information content (AvgIpc) is 2.54. The molecule has 0 fully saturated rings. The van der Waals surface area contributed by atoms with Crippen LogP contribution in [0.4, 0.5) is 5.69 Å². The lowest BCUT2D eigenvalue weighted by Crippen LogP contribution is -2.33. The standard InChI is InChI=1S/C19H23BrN2OS/c1-13(2)11-18(14-7-9-17(23-3)10-8-14)22-19(24)21-16-6-4-5-15(20)12-16/h4-10,12-13,18H,11H2,1-3H3,(H2,21,22,24)/t18-/m0/s1. The quantitative estimate of drug-likeness (QED) is 0.617. The molecule has 5 heteroatoms. The number of ether oxygens (including phenoxy) is 1. The number of thiocarbonyl (C=S) groups is 1. The zero-order valence-electron chi connectivity index (χ0n) is 14.2. The van der Waals surface area contributed by atoms with Gasteiger partial charge >= 0.3 is 0 Å². The Kier molecular flexibility index (Phi) is 7.06. The van der Waals surface area contributed by atoms with Crippen LogP contribution in [0.15, 0.2) is 53.0 Å². The van der Waals surface area contributed by atoms with Crippen LogP contribution in [0.25, 0.3) is 0 Å². The van der Waals surface area contributed by atoms with E-state index in [1.165, 1.54) is 5.56 Å². The van der Waals surface area contributed by atoms with Crippen molar-refractivity contribution in [3.8, 4) is 5.75 Å². The molecule has 2 N–H and O–H groups in total. The molecule has 0 aliphatic carbocycles. The molecule has 0 aliphatic rings. The van der Waals surface area contributed by atoms with Gasteiger partial charge in [-0.3, -0.25) is 0 Å². The first-order valence-corrected chi connectivity index (χ1v) is 9.15. The molecule has 0 amide bonds. The molecule has 2 aromatic carbocycles. The smallest absolute Gasteiger partial charge is 0.171 e. The second-order valence-electron chi connectivity index (χ2n) is 6.06. The number of hydrogen-bond donors (Lipinski definition) is 2. The Morgan fingerprint density at radius 2 is 1.88 bits per heavy atom. The first-order chi connectivity index (χ1) is 11.5. The molecule has 24 heavy (non-hydrogen) atoms. The minimum absolute atomic E-state index is 0.156. The van der Waals surface area contributed by atoms with Gasteiger partial charge < -0.3 is 15.4 Å². The topological polar surface area (TPSA) is 33.3 Å². The lowest BCUT2D eigenvalue weighted by atomic mass is 9.97. The van der Waals surface area contributed by atoms with Crippen LogP contribution in [0.5, 0.6) is 5.75 Å². The normalized spacial score (nSPS) is 11.9. The molecule has 0 aliphatic heterocycles. The second-order valence-corrected chi connectivity index (χ2v) is 7.39. The molecular formula is C19H23BrN2OS. The molecule has 2 rings (SSSR count). The van der Waals surface area contributed by atoms with Crippen molar-refractivity contribution in [3.63, 3.8) is 0 Å². The number of benzene rings is 2. The molecule has 0 spiro atoms. The summed E-state index contributed by atoms with van der Waals surface area (Å²) in [5.74, 6) is 1.41. The minimum Gasteiger partial charge on any atom is -0.497 e. The molecule has 0 radical (unpaired) electrons. The van der Waals surface area contributed by atoms with E-state index in [1.807, 2.05) is 36.4 Å². The van der Waals surface area contributed by atoms with E-state index in [-0.39, 0.29) is 6.04 Å². The number of hydrogen-bond acceptors (Lipinski definition) is 2. The zero-order valence-corrected chi connectivity index (χ0v) is 16.6. The SMILES string of the molecule is COc1ccc([C@H](CC(C)C)NC(=S)Nc2cccc(Br)c2)cc1. The van der Waals surface area contributed by atoms with Crippen LogP contribution in [0.3, 0.4) is 0 Å². The highest BCUT2D eigenvalue weighted by Crippen LogP contribution is 2.24. The number of rotatable bonds is 6. The van der Waals surface area contributed by atoms with E-state index in [0.29, 0.717) is 11.0 Å². The minimum atomic E-state index is 0.156. The summed E-state index contributed by atoms with van der Waals surface area (Å²) in [7, 11) is 1.68. The average molecular weight is 407 g/mol. The number of methoxy groups -OCH3 is 1. The Hall–Kier alpha value is -1.59. The van der Waals surface area contributed by atoms with Gasteiger partial charge in [0.05, 0.1) is 13.2 Å². The molecule has 3 nitrogen and oxygen atoms in total. The number of halogens is 1. The van der Waals surface area contributed by atoms with E-state index in [1.54, 1.807) is 7.11 Å². The fourth-order valence-electron chi connectivity index (χ4n) is 2.48. The molecule has 0 saturated carbocycles. The molecule has 2 aromatic rings. The van der Waals surface area contributed by atoms with Gasteiger partial charge in [0.2, 0.25) is 0 Å². The van der Waals surface area contributed by atoms with Crippen LogP contribution in [0, 0.1) is 5.92 Å². The fraction of sp³-hybridized carbons (Fsp3) is 0.316. The maximum Gasteiger partial charge on any atom is 0.171 e. The summed E-state index contributed by atoms with van der Waals surface area (Å²) < 4.78 is 6.26. The lowest BCUT2D eigenvalue weighted by molar-refractivity contribution is 0.414. The molecule has 0 unspecified atom stereocenters. The molecule has 1 atom stereocenters. The van der Waals surface area contributed by atoms with Gasteiger partial charge in [-0.2, -0.15) is 0 Å². The summed E-state index contributed by atoms with van der Waals surface area (Å²) in [4.78, 5) is 0. The second kappa shape index (κ2) is 9.04. The summed E-state index contributed by atoms with van der Waals surface area (Å²) in [6.45, 7) is 4.42. The van der Waals surface area contributed by atoms with Crippen molar-refractivity contribution >= 4 is 38.9 Å². The first-order valence-electron chi connectivity index (χ1n) is 7.95. The van der Waals surface area contributed by atoms with Crippen molar-refractivity contribution < 1.29 is 4.74 Å². The van der Waals surface area contributed by atoms with Gasteiger partial charge in [0.25, 0.3) is 0 Å². The van der Waals surface area contributed by atoms with Gasteiger partial charge in [-0.1, -0.05) is 48.0 Å². The molecule has 0 aromatic heterocycles. The zero-order chi connectivity index (χ0) is 17.5. The monoisotopic (exact) mass is 406 g/mol. The Bertz CT molecular complexity index is 673. The predicted molar refractivity (Wildman–Crippen MR) is 109 cm³/mol. The van der Waals surface area contributed by atoms with Crippen molar-refractivity contribution in [1.29, 1.82) is 0 Å². The van der Waals surface area contributed by atoms with Crippen molar-refractivity contribution in [3.05, 3.63) is 58.6 Å². The maximum atomic E-state index is 5.49. The summed E-state index contributed by atoms with van der Waals surface area (Å²) in [6, 6.07) is 16.2. The Labute approximate surface area is 157 Å². The van der Waals surface area contributed by atoms with Crippen LogP contribution in [-0.4, -0.2) is 12.2 Å². The number of anilines is 1. The Balaban J connectivity index is 2.08. The highest BCUT2D eigenvalue weighted by atomic mass is 79.9. The van der Waals surface area contributed by atoms with Gasteiger partial charge in [-0.15, -0.1) is 0 Å². The Morgan fingerprint density at radius 1 is 1.17 bits per heavy atom. The van der Waals surface area contributed by atoms with Crippen LogP contribution in [0.2, 0.25) is 0 Å². The molecule has 0 saturated heterocycles.